The molecule has 0 aliphatic carbocycles. The van der Waals surface area contributed by atoms with Crippen molar-refractivity contribution in [2.24, 2.45) is 5.73 Å². The molecule has 1 aromatic heterocycles. The van der Waals surface area contributed by atoms with E-state index in [0.717, 1.165) is 11.6 Å². The SMILES string of the molecule is CC(CCN)N(C)c1nncs1. The third-order valence-electron chi connectivity index (χ3n) is 1.90. The molecule has 1 atom stereocenters. The molecular formula is C7H14N4S. The highest BCUT2D eigenvalue weighted by Crippen LogP contribution is 2.16. The van der Waals surface area contributed by atoms with Crippen LogP contribution in [0.1, 0.15) is 13.3 Å². The molecule has 4 nitrogen and oxygen atoms in total. The second-order valence-electron chi connectivity index (χ2n) is 2.76. The van der Waals surface area contributed by atoms with Crippen LogP contribution in [-0.2, 0) is 0 Å². The van der Waals surface area contributed by atoms with Gasteiger partial charge in [-0.3, -0.25) is 0 Å². The highest BCUT2D eigenvalue weighted by Gasteiger charge is 2.10. The summed E-state index contributed by atoms with van der Waals surface area (Å²) in [5.41, 5.74) is 7.20. The highest BCUT2D eigenvalue weighted by atomic mass is 32.1. The summed E-state index contributed by atoms with van der Waals surface area (Å²) in [4.78, 5) is 2.10. The van der Waals surface area contributed by atoms with Crippen molar-refractivity contribution in [1.29, 1.82) is 0 Å². The van der Waals surface area contributed by atoms with Crippen molar-refractivity contribution in [1.82, 2.24) is 10.2 Å². The average molecular weight is 186 g/mol. The van der Waals surface area contributed by atoms with Gasteiger partial charge < -0.3 is 10.6 Å². The fourth-order valence-electron chi connectivity index (χ4n) is 0.944. The molecule has 1 heterocycles. The molecule has 2 N–H and O–H groups in total. The van der Waals surface area contributed by atoms with E-state index in [-0.39, 0.29) is 0 Å². The number of nitrogens with two attached hydrogens (primary N) is 1. The van der Waals surface area contributed by atoms with Gasteiger partial charge >= 0.3 is 0 Å². The lowest BCUT2D eigenvalue weighted by Crippen LogP contribution is -2.30. The summed E-state index contributed by atoms with van der Waals surface area (Å²) in [6.45, 7) is 2.85. The van der Waals surface area contributed by atoms with Crippen LogP contribution in [-0.4, -0.2) is 29.8 Å². The van der Waals surface area contributed by atoms with Gasteiger partial charge in [0.25, 0.3) is 0 Å². The summed E-state index contributed by atoms with van der Waals surface area (Å²) >= 11 is 1.55. The van der Waals surface area contributed by atoms with Gasteiger partial charge in [-0.25, -0.2) is 0 Å². The van der Waals surface area contributed by atoms with Gasteiger partial charge in [-0.2, -0.15) is 0 Å². The zero-order valence-electron chi connectivity index (χ0n) is 7.40. The van der Waals surface area contributed by atoms with Crippen molar-refractivity contribution in [3.63, 3.8) is 0 Å². The van der Waals surface area contributed by atoms with Crippen LogP contribution in [0.15, 0.2) is 5.51 Å². The van der Waals surface area contributed by atoms with Gasteiger partial charge in [0.05, 0.1) is 0 Å². The molecule has 0 saturated heterocycles. The topological polar surface area (TPSA) is 55.0 Å². The molecule has 0 spiro atoms. The highest BCUT2D eigenvalue weighted by molar-refractivity contribution is 7.13. The molecule has 0 saturated carbocycles. The Morgan fingerprint density at radius 2 is 2.50 bits per heavy atom. The third-order valence-corrected chi connectivity index (χ3v) is 2.68. The molecule has 0 amide bonds. The number of hydrogen-bond donors (Lipinski definition) is 1. The van der Waals surface area contributed by atoms with E-state index in [1.807, 2.05) is 7.05 Å². The van der Waals surface area contributed by atoms with Crippen molar-refractivity contribution in [2.75, 3.05) is 18.5 Å². The first-order valence-electron chi connectivity index (χ1n) is 3.94. The first-order chi connectivity index (χ1) is 5.75. The lowest BCUT2D eigenvalue weighted by atomic mass is 10.2. The van der Waals surface area contributed by atoms with E-state index in [4.69, 9.17) is 5.73 Å². The second-order valence-corrected chi connectivity index (χ2v) is 3.57. The minimum Gasteiger partial charge on any atom is -0.347 e. The number of rotatable bonds is 4. The number of anilines is 1. The maximum atomic E-state index is 5.46. The normalized spacial score (nSPS) is 12.9. The molecule has 0 bridgehead atoms. The predicted octanol–water partition coefficient (Wildman–Crippen LogP) is 0.712. The maximum absolute atomic E-state index is 5.46. The van der Waals surface area contributed by atoms with Crippen molar-refractivity contribution in [3.05, 3.63) is 5.51 Å². The number of hydrogen-bond acceptors (Lipinski definition) is 5. The Morgan fingerprint density at radius 1 is 1.75 bits per heavy atom. The van der Waals surface area contributed by atoms with Crippen molar-refractivity contribution in [2.45, 2.75) is 19.4 Å². The van der Waals surface area contributed by atoms with E-state index in [1.165, 1.54) is 0 Å². The number of aromatic nitrogens is 2. The molecular weight excluding hydrogens is 172 g/mol. The van der Waals surface area contributed by atoms with Gasteiger partial charge in [0.1, 0.15) is 5.51 Å². The minimum absolute atomic E-state index is 0.433. The molecule has 68 valence electrons. The summed E-state index contributed by atoms with van der Waals surface area (Å²) in [6.07, 6.45) is 0.982. The predicted molar refractivity (Wildman–Crippen MR) is 51.4 cm³/mol. The lowest BCUT2D eigenvalue weighted by molar-refractivity contribution is 0.632. The number of nitrogens with zero attached hydrogens (tertiary/aromatic N) is 3. The van der Waals surface area contributed by atoms with Gasteiger partial charge in [-0.15, -0.1) is 10.2 Å². The molecule has 1 rings (SSSR count). The van der Waals surface area contributed by atoms with Crippen LogP contribution in [0, 0.1) is 0 Å². The average Bonchev–Trinajstić information content (AvgIpc) is 2.55. The standard InChI is InChI=1S/C7H14N4S/c1-6(3-4-8)11(2)7-10-9-5-12-7/h5-6H,3-4,8H2,1-2H3. The summed E-state index contributed by atoms with van der Waals surface area (Å²) in [5.74, 6) is 0. The minimum atomic E-state index is 0.433. The van der Waals surface area contributed by atoms with Gasteiger partial charge in [0.2, 0.25) is 5.13 Å². The zero-order valence-corrected chi connectivity index (χ0v) is 8.21. The second kappa shape index (κ2) is 4.37. The Bertz CT molecular complexity index is 211. The van der Waals surface area contributed by atoms with E-state index >= 15 is 0 Å². The Labute approximate surface area is 76.4 Å². The monoisotopic (exact) mass is 186 g/mol. The van der Waals surface area contributed by atoms with E-state index in [2.05, 4.69) is 22.0 Å². The van der Waals surface area contributed by atoms with Gasteiger partial charge in [0.15, 0.2) is 0 Å². The zero-order chi connectivity index (χ0) is 8.97. The molecule has 1 unspecified atom stereocenters. The van der Waals surface area contributed by atoms with E-state index in [1.54, 1.807) is 16.8 Å². The van der Waals surface area contributed by atoms with Crippen LogP contribution < -0.4 is 10.6 Å². The van der Waals surface area contributed by atoms with Crippen LogP contribution in [0.3, 0.4) is 0 Å². The summed E-state index contributed by atoms with van der Waals surface area (Å²) in [7, 11) is 2.01. The molecule has 12 heavy (non-hydrogen) atoms. The molecule has 0 radical (unpaired) electrons. The molecule has 0 aromatic carbocycles. The van der Waals surface area contributed by atoms with Crippen LogP contribution in [0.5, 0.6) is 0 Å². The van der Waals surface area contributed by atoms with E-state index < -0.39 is 0 Å². The van der Waals surface area contributed by atoms with Crippen LogP contribution in [0.4, 0.5) is 5.13 Å². The van der Waals surface area contributed by atoms with Gasteiger partial charge in [-0.05, 0) is 19.9 Å². The van der Waals surface area contributed by atoms with Gasteiger partial charge in [-0.1, -0.05) is 11.3 Å². The smallest absolute Gasteiger partial charge is 0.207 e. The first kappa shape index (κ1) is 9.41. The fraction of sp³-hybridized carbons (Fsp3) is 0.714. The largest absolute Gasteiger partial charge is 0.347 e. The van der Waals surface area contributed by atoms with E-state index in [9.17, 15) is 0 Å². The molecule has 5 heteroatoms. The Kier molecular flexibility index (Phi) is 3.43. The Balaban J connectivity index is 2.53. The summed E-state index contributed by atoms with van der Waals surface area (Å²) < 4.78 is 0. The van der Waals surface area contributed by atoms with E-state index in [0.29, 0.717) is 12.6 Å². The summed E-state index contributed by atoms with van der Waals surface area (Å²) in [5, 5.41) is 8.71. The molecule has 0 fully saturated rings. The van der Waals surface area contributed by atoms with Crippen molar-refractivity contribution < 1.29 is 0 Å². The third kappa shape index (κ3) is 2.15. The van der Waals surface area contributed by atoms with Gasteiger partial charge in [0, 0.05) is 13.1 Å². The molecule has 1 aromatic rings. The Hall–Kier alpha value is -0.680. The lowest BCUT2D eigenvalue weighted by Gasteiger charge is -2.22. The molecule has 0 aliphatic heterocycles. The fourth-order valence-corrected chi connectivity index (χ4v) is 1.57. The van der Waals surface area contributed by atoms with Crippen LogP contribution in [0.25, 0.3) is 0 Å². The summed E-state index contributed by atoms with van der Waals surface area (Å²) in [6, 6.07) is 0.433. The molecule has 0 aliphatic rings. The van der Waals surface area contributed by atoms with Crippen LogP contribution in [0.2, 0.25) is 0 Å². The van der Waals surface area contributed by atoms with Crippen LogP contribution >= 0.6 is 11.3 Å². The first-order valence-corrected chi connectivity index (χ1v) is 4.82. The van der Waals surface area contributed by atoms with Crippen molar-refractivity contribution in [3.8, 4) is 0 Å². The van der Waals surface area contributed by atoms with Crippen molar-refractivity contribution >= 4 is 16.5 Å². The maximum Gasteiger partial charge on any atom is 0.207 e. The Morgan fingerprint density at radius 3 is 3.00 bits per heavy atom. The quantitative estimate of drug-likeness (QED) is 0.752.